The van der Waals surface area contributed by atoms with Crippen molar-refractivity contribution < 1.29 is 9.90 Å². The molecule has 1 aromatic carbocycles. The van der Waals surface area contributed by atoms with Crippen molar-refractivity contribution in [2.24, 2.45) is 0 Å². The molecule has 0 radical (unpaired) electrons. The van der Waals surface area contributed by atoms with E-state index < -0.39 is 12.0 Å². The normalized spacial score (nSPS) is 22.5. The van der Waals surface area contributed by atoms with Gasteiger partial charge < -0.3 is 9.90 Å². The molecule has 2 atom stereocenters. The van der Waals surface area contributed by atoms with Crippen LogP contribution in [0.3, 0.4) is 0 Å². The molecule has 1 aliphatic rings. The minimum absolute atomic E-state index is 0.0916. The highest BCUT2D eigenvalue weighted by molar-refractivity contribution is 6.30. The molecular weight excluding hydrogens is 226 g/mol. The Hall–Kier alpha value is -1.06. The van der Waals surface area contributed by atoms with Gasteiger partial charge in [0.2, 0.25) is 0 Å². The molecule has 3 nitrogen and oxygen atoms in total. The first-order valence-corrected chi connectivity index (χ1v) is 5.69. The van der Waals surface area contributed by atoms with Gasteiger partial charge in [-0.25, -0.2) is 0 Å². The van der Waals surface area contributed by atoms with Crippen LogP contribution in [0.25, 0.3) is 0 Å². The minimum atomic E-state index is -0.980. The molecule has 0 spiro atoms. The lowest BCUT2D eigenvalue weighted by molar-refractivity contribution is -0.316. The Morgan fingerprint density at radius 2 is 2.12 bits per heavy atom. The van der Waals surface area contributed by atoms with Crippen LogP contribution in [0.1, 0.15) is 24.9 Å². The topological polar surface area (TPSA) is 43.4 Å². The van der Waals surface area contributed by atoms with Crippen molar-refractivity contribution in [2.45, 2.75) is 25.4 Å². The third-order valence-electron chi connectivity index (χ3n) is 3.18. The molecule has 1 saturated heterocycles. The second-order valence-corrected chi connectivity index (χ2v) is 4.53. The third kappa shape index (κ3) is 2.06. The SMILES string of the molecule is CC(c1ccc(Cl)cc1)N1CCC1C(=O)[O-]. The van der Waals surface area contributed by atoms with Crippen molar-refractivity contribution in [3.63, 3.8) is 0 Å². The summed E-state index contributed by atoms with van der Waals surface area (Å²) in [5, 5.41) is 11.5. The first-order chi connectivity index (χ1) is 7.59. The number of carbonyl (C=O) groups is 1. The Kier molecular flexibility index (Phi) is 3.17. The largest absolute Gasteiger partial charge is 0.548 e. The van der Waals surface area contributed by atoms with Gasteiger partial charge in [0.15, 0.2) is 0 Å². The Morgan fingerprint density at radius 3 is 2.56 bits per heavy atom. The van der Waals surface area contributed by atoms with E-state index in [0.717, 1.165) is 12.1 Å². The Bertz CT molecular complexity index is 391. The molecule has 1 aliphatic heterocycles. The summed E-state index contributed by atoms with van der Waals surface area (Å²) in [6.45, 7) is 2.81. The molecule has 16 heavy (non-hydrogen) atoms. The maximum absolute atomic E-state index is 10.8. The van der Waals surface area contributed by atoms with Gasteiger partial charge in [0.05, 0.1) is 12.0 Å². The standard InChI is InChI=1S/C12H14ClNO2/c1-8(9-2-4-10(13)5-3-9)14-7-6-11(14)12(15)16/h2-5,8,11H,6-7H2,1H3,(H,15,16)/p-1. The number of carboxylic acid groups (broad SMARTS) is 1. The molecule has 1 fully saturated rings. The quantitative estimate of drug-likeness (QED) is 0.796. The van der Waals surface area contributed by atoms with Gasteiger partial charge in [0.1, 0.15) is 0 Å². The minimum Gasteiger partial charge on any atom is -0.548 e. The van der Waals surface area contributed by atoms with Crippen LogP contribution in [0.5, 0.6) is 0 Å². The van der Waals surface area contributed by atoms with Gasteiger partial charge in [0.25, 0.3) is 0 Å². The summed E-state index contributed by atoms with van der Waals surface area (Å²) in [7, 11) is 0. The smallest absolute Gasteiger partial charge is 0.0587 e. The molecule has 0 saturated carbocycles. The predicted molar refractivity (Wildman–Crippen MR) is 60.0 cm³/mol. The van der Waals surface area contributed by atoms with Crippen molar-refractivity contribution in [1.82, 2.24) is 4.90 Å². The molecule has 0 amide bonds. The number of likely N-dealkylation sites (tertiary alicyclic amines) is 1. The van der Waals surface area contributed by atoms with E-state index in [4.69, 9.17) is 11.6 Å². The van der Waals surface area contributed by atoms with E-state index in [-0.39, 0.29) is 6.04 Å². The first kappa shape index (κ1) is 11.4. The highest BCUT2D eigenvalue weighted by Gasteiger charge is 2.33. The summed E-state index contributed by atoms with van der Waals surface area (Å²) < 4.78 is 0. The van der Waals surface area contributed by atoms with Crippen molar-refractivity contribution in [3.8, 4) is 0 Å². The summed E-state index contributed by atoms with van der Waals surface area (Å²) in [6, 6.07) is 7.15. The van der Waals surface area contributed by atoms with Crippen LogP contribution in [0.15, 0.2) is 24.3 Å². The second-order valence-electron chi connectivity index (χ2n) is 4.09. The fourth-order valence-electron chi connectivity index (χ4n) is 2.06. The van der Waals surface area contributed by atoms with Crippen LogP contribution in [0, 0.1) is 0 Å². The van der Waals surface area contributed by atoms with E-state index >= 15 is 0 Å². The number of carboxylic acids is 1. The van der Waals surface area contributed by atoms with Gasteiger partial charge in [-0.2, -0.15) is 0 Å². The maximum Gasteiger partial charge on any atom is 0.0587 e. The number of hydrogen-bond donors (Lipinski definition) is 0. The van der Waals surface area contributed by atoms with Gasteiger partial charge in [-0.05, 0) is 31.0 Å². The number of hydrogen-bond acceptors (Lipinski definition) is 3. The van der Waals surface area contributed by atoms with Crippen LogP contribution in [-0.2, 0) is 4.79 Å². The Balaban J connectivity index is 2.10. The van der Waals surface area contributed by atoms with Crippen molar-refractivity contribution >= 4 is 17.6 Å². The summed E-state index contributed by atoms with van der Waals surface area (Å²) in [5.74, 6) is -0.980. The first-order valence-electron chi connectivity index (χ1n) is 5.31. The van der Waals surface area contributed by atoms with Crippen LogP contribution in [0.4, 0.5) is 0 Å². The summed E-state index contributed by atoms with van der Waals surface area (Å²) >= 11 is 5.81. The summed E-state index contributed by atoms with van der Waals surface area (Å²) in [6.07, 6.45) is 0.681. The molecule has 86 valence electrons. The fraction of sp³-hybridized carbons (Fsp3) is 0.417. The Labute approximate surface area is 99.6 Å². The van der Waals surface area contributed by atoms with Gasteiger partial charge in [-0.3, -0.25) is 4.90 Å². The van der Waals surface area contributed by atoms with E-state index in [2.05, 4.69) is 0 Å². The van der Waals surface area contributed by atoms with Crippen LogP contribution in [0.2, 0.25) is 5.02 Å². The maximum atomic E-state index is 10.8. The number of benzene rings is 1. The molecule has 2 rings (SSSR count). The Morgan fingerprint density at radius 1 is 1.50 bits per heavy atom. The fourth-order valence-corrected chi connectivity index (χ4v) is 2.18. The molecule has 0 N–H and O–H groups in total. The van der Waals surface area contributed by atoms with Gasteiger partial charge >= 0.3 is 0 Å². The van der Waals surface area contributed by atoms with Gasteiger partial charge in [-0.1, -0.05) is 23.7 Å². The molecular formula is C12H13ClNO2-. The van der Waals surface area contributed by atoms with E-state index in [1.807, 2.05) is 36.1 Å². The average Bonchev–Trinajstić information content (AvgIpc) is 2.15. The van der Waals surface area contributed by atoms with Crippen LogP contribution < -0.4 is 5.11 Å². The van der Waals surface area contributed by atoms with Crippen molar-refractivity contribution in [3.05, 3.63) is 34.9 Å². The molecule has 4 heteroatoms. The van der Waals surface area contributed by atoms with Crippen LogP contribution >= 0.6 is 11.6 Å². The zero-order chi connectivity index (χ0) is 11.7. The molecule has 1 heterocycles. The lowest BCUT2D eigenvalue weighted by Gasteiger charge is -2.45. The molecule has 1 aromatic rings. The van der Waals surface area contributed by atoms with Crippen LogP contribution in [-0.4, -0.2) is 23.5 Å². The molecule has 0 aliphatic carbocycles. The molecule has 2 unspecified atom stereocenters. The monoisotopic (exact) mass is 238 g/mol. The molecule has 0 aromatic heterocycles. The second kappa shape index (κ2) is 4.44. The predicted octanol–water partition coefficient (Wildman–Crippen LogP) is 1.23. The highest BCUT2D eigenvalue weighted by atomic mass is 35.5. The average molecular weight is 239 g/mol. The summed E-state index contributed by atoms with van der Waals surface area (Å²) in [4.78, 5) is 12.7. The number of aliphatic carboxylic acids is 1. The zero-order valence-corrected chi connectivity index (χ0v) is 9.78. The number of rotatable bonds is 3. The van der Waals surface area contributed by atoms with E-state index in [1.54, 1.807) is 0 Å². The van der Waals surface area contributed by atoms with Gasteiger partial charge in [-0.15, -0.1) is 0 Å². The summed E-state index contributed by atoms with van der Waals surface area (Å²) in [5.41, 5.74) is 1.08. The number of carbonyl (C=O) groups excluding carboxylic acids is 1. The van der Waals surface area contributed by atoms with Gasteiger partial charge in [0, 0.05) is 17.6 Å². The van der Waals surface area contributed by atoms with Crippen molar-refractivity contribution in [2.75, 3.05) is 6.54 Å². The number of nitrogens with zero attached hydrogens (tertiary/aromatic N) is 1. The third-order valence-corrected chi connectivity index (χ3v) is 3.43. The lowest BCUT2D eigenvalue weighted by Crippen LogP contribution is -2.57. The highest BCUT2D eigenvalue weighted by Crippen LogP contribution is 2.30. The molecule has 0 bridgehead atoms. The van der Waals surface area contributed by atoms with Crippen molar-refractivity contribution in [1.29, 1.82) is 0 Å². The zero-order valence-electron chi connectivity index (χ0n) is 9.02. The lowest BCUT2D eigenvalue weighted by atomic mass is 9.96. The van der Waals surface area contributed by atoms with E-state index in [1.165, 1.54) is 0 Å². The van der Waals surface area contributed by atoms with E-state index in [0.29, 0.717) is 11.4 Å². The van der Waals surface area contributed by atoms with E-state index in [9.17, 15) is 9.90 Å². The number of halogens is 1.